The fourth-order valence-electron chi connectivity index (χ4n) is 2.57. The summed E-state index contributed by atoms with van der Waals surface area (Å²) in [5.74, 6) is 0. The molecule has 5 heteroatoms. The van der Waals surface area contributed by atoms with Gasteiger partial charge in [0, 0.05) is 18.9 Å². The summed E-state index contributed by atoms with van der Waals surface area (Å²) in [4.78, 5) is 0. The summed E-state index contributed by atoms with van der Waals surface area (Å²) >= 11 is 3.60. The van der Waals surface area contributed by atoms with Crippen molar-refractivity contribution in [2.45, 2.75) is 25.2 Å². The zero-order valence-corrected chi connectivity index (χ0v) is 14.0. The largest absolute Gasteiger partial charge is 0.395 e. The molecule has 1 aromatic carbocycles. The molecule has 2 N–H and O–H groups in total. The van der Waals surface area contributed by atoms with E-state index in [-0.39, 0.29) is 13.2 Å². The van der Waals surface area contributed by atoms with E-state index in [2.05, 4.69) is 28.0 Å². The summed E-state index contributed by atoms with van der Waals surface area (Å²) in [5.41, 5.74) is 2.20. The third kappa shape index (κ3) is 3.05. The number of aryl methyl sites for hydroxylation is 2. The van der Waals surface area contributed by atoms with Gasteiger partial charge in [-0.15, -0.1) is 0 Å². The first-order valence-corrected chi connectivity index (χ1v) is 7.84. The normalized spacial score (nSPS) is 11.9. The molecule has 114 valence electrons. The molecular weight excluding hydrogens is 332 g/mol. The SMILES string of the molecule is CCc1nn(C)c(CC(CO)(CO)c2ccccc2)c1Br. The van der Waals surface area contributed by atoms with E-state index in [0.717, 1.165) is 27.8 Å². The summed E-state index contributed by atoms with van der Waals surface area (Å²) in [6.45, 7) is 1.82. The van der Waals surface area contributed by atoms with Crippen molar-refractivity contribution in [2.75, 3.05) is 13.2 Å². The van der Waals surface area contributed by atoms with E-state index >= 15 is 0 Å². The molecule has 0 aliphatic carbocycles. The smallest absolute Gasteiger partial charge is 0.0766 e. The molecule has 1 aromatic heterocycles. The van der Waals surface area contributed by atoms with Crippen LogP contribution in [0, 0.1) is 0 Å². The van der Waals surface area contributed by atoms with Gasteiger partial charge in [0.05, 0.1) is 29.1 Å². The van der Waals surface area contributed by atoms with E-state index in [4.69, 9.17) is 0 Å². The van der Waals surface area contributed by atoms with Crippen LogP contribution in [0.15, 0.2) is 34.8 Å². The summed E-state index contributed by atoms with van der Waals surface area (Å²) in [6, 6.07) is 9.66. The maximum Gasteiger partial charge on any atom is 0.0766 e. The lowest BCUT2D eigenvalue weighted by Crippen LogP contribution is -2.38. The van der Waals surface area contributed by atoms with Gasteiger partial charge in [-0.2, -0.15) is 5.10 Å². The maximum absolute atomic E-state index is 9.93. The van der Waals surface area contributed by atoms with E-state index < -0.39 is 5.41 Å². The number of rotatable bonds is 6. The molecular formula is C16H21BrN2O2. The lowest BCUT2D eigenvalue weighted by atomic mass is 9.78. The van der Waals surface area contributed by atoms with Gasteiger partial charge in [-0.3, -0.25) is 4.68 Å². The third-order valence-electron chi connectivity index (χ3n) is 4.00. The molecule has 2 rings (SSSR count). The second-order valence-electron chi connectivity index (χ2n) is 5.32. The summed E-state index contributed by atoms with van der Waals surface area (Å²) in [5, 5.41) is 24.3. The van der Waals surface area contributed by atoms with Crippen molar-refractivity contribution < 1.29 is 10.2 Å². The third-order valence-corrected chi connectivity index (χ3v) is 4.92. The number of nitrogens with zero attached hydrogens (tertiary/aromatic N) is 2. The van der Waals surface area contributed by atoms with Crippen molar-refractivity contribution in [3.05, 3.63) is 51.8 Å². The van der Waals surface area contributed by atoms with Gasteiger partial charge in [0.25, 0.3) is 0 Å². The fourth-order valence-corrected chi connectivity index (χ4v) is 3.33. The standard InChI is InChI=1S/C16H21BrN2O2/c1-3-13-15(17)14(19(2)18-13)9-16(10-20,11-21)12-7-5-4-6-8-12/h4-8,20-21H,3,9-11H2,1-2H3. The van der Waals surface area contributed by atoms with Crippen molar-refractivity contribution in [3.63, 3.8) is 0 Å². The number of hydrogen-bond acceptors (Lipinski definition) is 3. The zero-order chi connectivity index (χ0) is 15.5. The minimum absolute atomic E-state index is 0.118. The molecule has 0 amide bonds. The average molecular weight is 353 g/mol. The highest BCUT2D eigenvalue weighted by molar-refractivity contribution is 9.10. The van der Waals surface area contributed by atoms with Crippen LogP contribution in [0.5, 0.6) is 0 Å². The first-order valence-electron chi connectivity index (χ1n) is 7.05. The predicted molar refractivity (Wildman–Crippen MR) is 86.3 cm³/mol. The molecule has 0 bridgehead atoms. The molecule has 0 aliphatic rings. The molecule has 21 heavy (non-hydrogen) atoms. The number of aromatic nitrogens is 2. The van der Waals surface area contributed by atoms with E-state index in [1.807, 2.05) is 42.1 Å². The van der Waals surface area contributed by atoms with Crippen molar-refractivity contribution >= 4 is 15.9 Å². The van der Waals surface area contributed by atoms with Crippen LogP contribution in [0.25, 0.3) is 0 Å². The van der Waals surface area contributed by atoms with Crippen molar-refractivity contribution in [1.29, 1.82) is 0 Å². The lowest BCUT2D eigenvalue weighted by molar-refractivity contribution is 0.114. The Morgan fingerprint density at radius 3 is 2.29 bits per heavy atom. The summed E-state index contributed by atoms with van der Waals surface area (Å²) < 4.78 is 2.79. The Bertz CT molecular complexity index is 592. The molecule has 0 saturated carbocycles. The molecule has 1 heterocycles. The van der Waals surface area contributed by atoms with Crippen LogP contribution >= 0.6 is 15.9 Å². The van der Waals surface area contributed by atoms with Gasteiger partial charge >= 0.3 is 0 Å². The van der Waals surface area contributed by atoms with Gasteiger partial charge in [-0.25, -0.2) is 0 Å². The number of hydrogen-bond donors (Lipinski definition) is 2. The van der Waals surface area contributed by atoms with Gasteiger partial charge < -0.3 is 10.2 Å². The highest BCUT2D eigenvalue weighted by Gasteiger charge is 2.33. The number of halogens is 1. The van der Waals surface area contributed by atoms with Crippen LogP contribution in [0.1, 0.15) is 23.9 Å². The summed E-state index contributed by atoms with van der Waals surface area (Å²) in [7, 11) is 1.89. The van der Waals surface area contributed by atoms with Crippen LogP contribution in [-0.4, -0.2) is 33.2 Å². The van der Waals surface area contributed by atoms with Crippen LogP contribution in [-0.2, 0) is 25.3 Å². The fraction of sp³-hybridized carbons (Fsp3) is 0.438. The Morgan fingerprint density at radius 2 is 1.81 bits per heavy atom. The van der Waals surface area contributed by atoms with Crippen molar-refractivity contribution in [2.24, 2.45) is 7.05 Å². The van der Waals surface area contributed by atoms with Gasteiger partial charge in [0.1, 0.15) is 0 Å². The Hall–Kier alpha value is -1.17. The average Bonchev–Trinajstić information content (AvgIpc) is 2.80. The lowest BCUT2D eigenvalue weighted by Gasteiger charge is -2.30. The van der Waals surface area contributed by atoms with Crippen LogP contribution in [0.2, 0.25) is 0 Å². The number of benzene rings is 1. The second-order valence-corrected chi connectivity index (χ2v) is 6.12. The van der Waals surface area contributed by atoms with Crippen LogP contribution in [0.3, 0.4) is 0 Å². The molecule has 0 saturated heterocycles. The van der Waals surface area contributed by atoms with E-state index in [0.29, 0.717) is 6.42 Å². The monoisotopic (exact) mass is 352 g/mol. The molecule has 0 aliphatic heterocycles. The first kappa shape index (κ1) is 16.2. The minimum atomic E-state index is -0.706. The minimum Gasteiger partial charge on any atom is -0.395 e. The number of aliphatic hydroxyl groups is 2. The van der Waals surface area contributed by atoms with Gasteiger partial charge in [-0.1, -0.05) is 37.3 Å². The molecule has 0 atom stereocenters. The first-order chi connectivity index (χ1) is 10.1. The molecule has 0 spiro atoms. The molecule has 4 nitrogen and oxygen atoms in total. The van der Waals surface area contributed by atoms with E-state index in [1.165, 1.54) is 0 Å². The zero-order valence-electron chi connectivity index (χ0n) is 12.4. The summed E-state index contributed by atoms with van der Waals surface area (Å²) in [6.07, 6.45) is 1.36. The van der Waals surface area contributed by atoms with Crippen molar-refractivity contribution in [3.8, 4) is 0 Å². The Labute approximate surface area is 133 Å². The molecule has 2 aromatic rings. The molecule has 0 radical (unpaired) electrons. The van der Waals surface area contributed by atoms with Crippen molar-refractivity contribution in [1.82, 2.24) is 9.78 Å². The molecule has 0 fully saturated rings. The Kier molecular flexibility index (Phi) is 5.19. The highest BCUT2D eigenvalue weighted by Crippen LogP contribution is 2.32. The Balaban J connectivity index is 2.44. The van der Waals surface area contributed by atoms with E-state index in [1.54, 1.807) is 0 Å². The van der Waals surface area contributed by atoms with Crippen LogP contribution < -0.4 is 0 Å². The van der Waals surface area contributed by atoms with Gasteiger partial charge in [0.2, 0.25) is 0 Å². The van der Waals surface area contributed by atoms with Crippen LogP contribution in [0.4, 0.5) is 0 Å². The van der Waals surface area contributed by atoms with Gasteiger partial charge in [-0.05, 0) is 27.9 Å². The predicted octanol–water partition coefficient (Wildman–Crippen LogP) is 2.21. The highest BCUT2D eigenvalue weighted by atomic mass is 79.9. The Morgan fingerprint density at radius 1 is 1.19 bits per heavy atom. The number of aliphatic hydroxyl groups excluding tert-OH is 2. The second kappa shape index (κ2) is 6.73. The topological polar surface area (TPSA) is 58.3 Å². The molecule has 0 unspecified atom stereocenters. The quantitative estimate of drug-likeness (QED) is 0.837. The maximum atomic E-state index is 9.93. The van der Waals surface area contributed by atoms with E-state index in [9.17, 15) is 10.2 Å². The van der Waals surface area contributed by atoms with Gasteiger partial charge in [0.15, 0.2) is 0 Å².